The Hall–Kier alpha value is -2.37. The molecular formula is C13H16N4O2. The monoisotopic (exact) mass is 260 g/mol. The number of hydrogen-bond donors (Lipinski definition) is 1. The lowest BCUT2D eigenvalue weighted by molar-refractivity contribution is 0.0601. The van der Waals surface area contributed by atoms with E-state index >= 15 is 0 Å². The van der Waals surface area contributed by atoms with E-state index in [-0.39, 0.29) is 0 Å². The van der Waals surface area contributed by atoms with Crippen LogP contribution < -0.4 is 5.32 Å². The first-order chi connectivity index (χ1) is 9.13. The molecule has 2 heterocycles. The SMILES string of the molecule is COC(=O)c1cccnc1NCc1cnn(C)c1C. The van der Waals surface area contributed by atoms with Crippen molar-refractivity contribution in [1.29, 1.82) is 0 Å². The van der Waals surface area contributed by atoms with Crippen molar-refractivity contribution in [2.45, 2.75) is 13.5 Å². The summed E-state index contributed by atoms with van der Waals surface area (Å²) < 4.78 is 6.52. The Kier molecular flexibility index (Phi) is 3.79. The van der Waals surface area contributed by atoms with Crippen LogP contribution in [0.15, 0.2) is 24.5 Å². The smallest absolute Gasteiger partial charge is 0.341 e. The standard InChI is InChI=1S/C13H16N4O2/c1-9-10(8-16-17(9)2)7-15-12-11(13(18)19-3)5-4-6-14-12/h4-6,8H,7H2,1-3H3,(H,14,15). The number of pyridine rings is 1. The molecule has 6 heteroatoms. The van der Waals surface area contributed by atoms with Crippen molar-refractivity contribution in [1.82, 2.24) is 14.8 Å². The summed E-state index contributed by atoms with van der Waals surface area (Å²) in [6.07, 6.45) is 3.42. The molecule has 0 aliphatic rings. The highest BCUT2D eigenvalue weighted by molar-refractivity contribution is 5.94. The van der Waals surface area contributed by atoms with Crippen LogP contribution in [0.2, 0.25) is 0 Å². The molecule has 2 aromatic heterocycles. The highest BCUT2D eigenvalue weighted by Gasteiger charge is 2.12. The van der Waals surface area contributed by atoms with Crippen LogP contribution in [0, 0.1) is 6.92 Å². The van der Waals surface area contributed by atoms with Gasteiger partial charge in [-0.05, 0) is 19.1 Å². The average Bonchev–Trinajstić information content (AvgIpc) is 2.76. The van der Waals surface area contributed by atoms with Crippen LogP contribution in [-0.2, 0) is 18.3 Å². The first kappa shape index (κ1) is 13.1. The molecule has 0 radical (unpaired) electrons. The zero-order chi connectivity index (χ0) is 13.8. The number of rotatable bonds is 4. The van der Waals surface area contributed by atoms with Gasteiger partial charge < -0.3 is 10.1 Å². The molecule has 0 atom stereocenters. The molecule has 0 saturated carbocycles. The number of aromatic nitrogens is 3. The predicted octanol–water partition coefficient (Wildman–Crippen LogP) is 1.52. The van der Waals surface area contributed by atoms with Gasteiger partial charge in [0.15, 0.2) is 0 Å². The van der Waals surface area contributed by atoms with Crippen LogP contribution in [0.1, 0.15) is 21.6 Å². The summed E-state index contributed by atoms with van der Waals surface area (Å²) in [7, 11) is 3.24. The average molecular weight is 260 g/mol. The number of hydrogen-bond acceptors (Lipinski definition) is 5. The fourth-order valence-electron chi connectivity index (χ4n) is 1.72. The fraction of sp³-hybridized carbons (Fsp3) is 0.308. The minimum Gasteiger partial charge on any atom is -0.465 e. The zero-order valence-electron chi connectivity index (χ0n) is 11.2. The lowest BCUT2D eigenvalue weighted by Crippen LogP contribution is -2.10. The predicted molar refractivity (Wildman–Crippen MR) is 70.8 cm³/mol. The number of nitrogens with zero attached hydrogens (tertiary/aromatic N) is 3. The Bertz CT molecular complexity index is 592. The topological polar surface area (TPSA) is 69.0 Å². The van der Waals surface area contributed by atoms with E-state index in [1.165, 1.54) is 7.11 Å². The summed E-state index contributed by atoms with van der Waals surface area (Å²) in [6.45, 7) is 2.55. The number of anilines is 1. The molecule has 1 N–H and O–H groups in total. The van der Waals surface area contributed by atoms with E-state index in [4.69, 9.17) is 4.74 Å². The van der Waals surface area contributed by atoms with Crippen LogP contribution in [0.25, 0.3) is 0 Å². The first-order valence-electron chi connectivity index (χ1n) is 5.88. The van der Waals surface area contributed by atoms with Gasteiger partial charge in [-0.1, -0.05) is 0 Å². The molecule has 0 fully saturated rings. The Morgan fingerprint density at radius 2 is 2.32 bits per heavy atom. The molecule has 0 aliphatic carbocycles. The molecule has 0 spiro atoms. The summed E-state index contributed by atoms with van der Waals surface area (Å²) in [5, 5.41) is 7.30. The highest BCUT2D eigenvalue weighted by Crippen LogP contribution is 2.15. The van der Waals surface area contributed by atoms with E-state index < -0.39 is 5.97 Å². The second-order valence-electron chi connectivity index (χ2n) is 4.12. The van der Waals surface area contributed by atoms with E-state index in [0.717, 1.165) is 11.3 Å². The lowest BCUT2D eigenvalue weighted by atomic mass is 10.2. The molecule has 0 unspecified atom stereocenters. The largest absolute Gasteiger partial charge is 0.465 e. The van der Waals surface area contributed by atoms with E-state index in [2.05, 4.69) is 15.4 Å². The van der Waals surface area contributed by atoms with Gasteiger partial charge in [-0.15, -0.1) is 0 Å². The third kappa shape index (κ3) is 2.73. The number of esters is 1. The van der Waals surface area contributed by atoms with Crippen molar-refractivity contribution < 1.29 is 9.53 Å². The normalized spacial score (nSPS) is 10.3. The minimum atomic E-state index is -0.404. The number of methoxy groups -OCH3 is 1. The van der Waals surface area contributed by atoms with E-state index in [0.29, 0.717) is 17.9 Å². The first-order valence-corrected chi connectivity index (χ1v) is 5.88. The van der Waals surface area contributed by atoms with Gasteiger partial charge in [0.05, 0.1) is 13.3 Å². The zero-order valence-corrected chi connectivity index (χ0v) is 11.2. The molecular weight excluding hydrogens is 244 g/mol. The summed E-state index contributed by atoms with van der Waals surface area (Å²) in [5.41, 5.74) is 2.55. The maximum atomic E-state index is 11.6. The van der Waals surface area contributed by atoms with Crippen LogP contribution in [0.3, 0.4) is 0 Å². The van der Waals surface area contributed by atoms with Gasteiger partial charge in [0.25, 0.3) is 0 Å². The van der Waals surface area contributed by atoms with Gasteiger partial charge in [-0.25, -0.2) is 9.78 Å². The van der Waals surface area contributed by atoms with E-state index in [1.807, 2.05) is 14.0 Å². The van der Waals surface area contributed by atoms with Gasteiger partial charge in [0, 0.05) is 31.0 Å². The van der Waals surface area contributed by atoms with Crippen LogP contribution in [0.5, 0.6) is 0 Å². The van der Waals surface area contributed by atoms with Gasteiger partial charge in [-0.2, -0.15) is 5.10 Å². The second-order valence-corrected chi connectivity index (χ2v) is 4.12. The third-order valence-corrected chi connectivity index (χ3v) is 3.00. The molecule has 0 bridgehead atoms. The van der Waals surface area contributed by atoms with Crippen molar-refractivity contribution in [3.63, 3.8) is 0 Å². The second kappa shape index (κ2) is 5.51. The molecule has 100 valence electrons. The molecule has 2 rings (SSSR count). The highest BCUT2D eigenvalue weighted by atomic mass is 16.5. The molecule has 19 heavy (non-hydrogen) atoms. The number of ether oxygens (including phenoxy) is 1. The minimum absolute atomic E-state index is 0.404. The Morgan fingerprint density at radius 1 is 1.53 bits per heavy atom. The quantitative estimate of drug-likeness (QED) is 0.844. The summed E-state index contributed by atoms with van der Waals surface area (Å²) in [5.74, 6) is 0.108. The third-order valence-electron chi connectivity index (χ3n) is 3.00. The van der Waals surface area contributed by atoms with Crippen molar-refractivity contribution in [2.24, 2.45) is 7.05 Å². The Labute approximate surface area is 111 Å². The number of carbonyl (C=O) groups excluding carboxylic acids is 1. The Balaban J connectivity index is 2.16. The maximum Gasteiger partial charge on any atom is 0.341 e. The number of aryl methyl sites for hydroxylation is 1. The lowest BCUT2D eigenvalue weighted by Gasteiger charge is -2.09. The summed E-state index contributed by atoms with van der Waals surface area (Å²) in [4.78, 5) is 15.8. The van der Waals surface area contributed by atoms with Crippen LogP contribution >= 0.6 is 0 Å². The molecule has 0 aliphatic heterocycles. The van der Waals surface area contributed by atoms with Gasteiger partial charge in [0.1, 0.15) is 11.4 Å². The fourth-order valence-corrected chi connectivity index (χ4v) is 1.72. The molecule has 0 aromatic carbocycles. The number of carbonyl (C=O) groups is 1. The number of nitrogens with one attached hydrogen (secondary N) is 1. The van der Waals surface area contributed by atoms with Crippen LogP contribution in [-0.4, -0.2) is 27.8 Å². The van der Waals surface area contributed by atoms with Crippen LogP contribution in [0.4, 0.5) is 5.82 Å². The van der Waals surface area contributed by atoms with E-state index in [9.17, 15) is 4.79 Å². The summed E-state index contributed by atoms with van der Waals surface area (Å²) in [6, 6.07) is 3.38. The van der Waals surface area contributed by atoms with Gasteiger partial charge in [-0.3, -0.25) is 4.68 Å². The van der Waals surface area contributed by atoms with Gasteiger partial charge in [0.2, 0.25) is 0 Å². The molecule has 0 saturated heterocycles. The van der Waals surface area contributed by atoms with Crippen molar-refractivity contribution in [2.75, 3.05) is 12.4 Å². The molecule has 0 amide bonds. The van der Waals surface area contributed by atoms with Crippen molar-refractivity contribution >= 4 is 11.8 Å². The van der Waals surface area contributed by atoms with Crippen molar-refractivity contribution in [3.8, 4) is 0 Å². The summed E-state index contributed by atoms with van der Waals surface area (Å²) >= 11 is 0. The molecule has 2 aromatic rings. The molecule has 6 nitrogen and oxygen atoms in total. The maximum absolute atomic E-state index is 11.6. The Morgan fingerprint density at radius 3 is 2.95 bits per heavy atom. The van der Waals surface area contributed by atoms with E-state index in [1.54, 1.807) is 29.2 Å². The van der Waals surface area contributed by atoms with Crippen molar-refractivity contribution in [3.05, 3.63) is 41.3 Å². The van der Waals surface area contributed by atoms with Gasteiger partial charge >= 0.3 is 5.97 Å².